The van der Waals surface area contributed by atoms with Crippen molar-refractivity contribution in [2.75, 3.05) is 25.0 Å². The Morgan fingerprint density at radius 1 is 1.07 bits per heavy atom. The fraction of sp³-hybridized carbons (Fsp3) is 0.360. The molecule has 0 atom stereocenters. The van der Waals surface area contributed by atoms with Gasteiger partial charge in [0.2, 0.25) is 0 Å². The van der Waals surface area contributed by atoms with Crippen LogP contribution in [0.2, 0.25) is 0 Å². The van der Waals surface area contributed by atoms with Crippen LogP contribution in [0.1, 0.15) is 43.2 Å². The van der Waals surface area contributed by atoms with Gasteiger partial charge in [-0.2, -0.15) is 5.10 Å². The molecule has 30 heavy (non-hydrogen) atoms. The fourth-order valence-corrected chi connectivity index (χ4v) is 3.72. The smallest absolute Gasteiger partial charge is 0.253 e. The highest BCUT2D eigenvalue weighted by molar-refractivity contribution is 5.94. The summed E-state index contributed by atoms with van der Waals surface area (Å²) in [5.74, 6) is 0.0590. The zero-order chi connectivity index (χ0) is 21.5. The van der Waals surface area contributed by atoms with Crippen LogP contribution < -0.4 is 4.90 Å². The van der Waals surface area contributed by atoms with Crippen molar-refractivity contribution >= 4 is 11.6 Å². The lowest BCUT2D eigenvalue weighted by Gasteiger charge is -2.27. The summed E-state index contributed by atoms with van der Waals surface area (Å²) in [6, 6.07) is 20.6. The first-order chi connectivity index (χ1) is 14.5. The molecule has 0 aliphatic rings. The molecule has 0 unspecified atom stereocenters. The number of benzene rings is 2. The molecule has 3 aromatic rings. The number of H-pyrrole nitrogens is 1. The van der Waals surface area contributed by atoms with E-state index in [9.17, 15) is 4.79 Å². The summed E-state index contributed by atoms with van der Waals surface area (Å²) >= 11 is 0. The molecule has 1 amide bonds. The summed E-state index contributed by atoms with van der Waals surface area (Å²) in [4.78, 5) is 16.9. The Balaban J connectivity index is 1.52. The lowest BCUT2D eigenvalue weighted by Crippen LogP contribution is -2.30. The molecule has 0 radical (unpaired) electrons. The molecule has 1 heterocycles. The minimum absolute atomic E-state index is 0.0590. The quantitative estimate of drug-likeness (QED) is 0.545. The number of hydrogen-bond acceptors (Lipinski definition) is 3. The lowest BCUT2D eigenvalue weighted by molar-refractivity contribution is 0.0793. The number of aromatic nitrogens is 2. The predicted molar refractivity (Wildman–Crippen MR) is 124 cm³/mol. The van der Waals surface area contributed by atoms with Crippen LogP contribution in [0.5, 0.6) is 0 Å². The molecular weight excluding hydrogens is 372 g/mol. The molecule has 0 saturated heterocycles. The van der Waals surface area contributed by atoms with Gasteiger partial charge in [0, 0.05) is 48.7 Å². The van der Waals surface area contributed by atoms with Crippen molar-refractivity contribution in [3.8, 4) is 11.3 Å². The molecule has 2 aromatic carbocycles. The van der Waals surface area contributed by atoms with E-state index in [1.807, 2.05) is 49.5 Å². The van der Waals surface area contributed by atoms with Crippen molar-refractivity contribution in [1.29, 1.82) is 0 Å². The van der Waals surface area contributed by atoms with E-state index in [2.05, 4.69) is 54.1 Å². The maximum absolute atomic E-state index is 12.8. The van der Waals surface area contributed by atoms with Gasteiger partial charge in [-0.1, -0.05) is 30.3 Å². The second-order valence-electron chi connectivity index (χ2n) is 7.90. The topological polar surface area (TPSA) is 52.2 Å². The lowest BCUT2D eigenvalue weighted by atomic mass is 10.1. The summed E-state index contributed by atoms with van der Waals surface area (Å²) in [6.07, 6.45) is 1.74. The highest BCUT2D eigenvalue weighted by atomic mass is 16.2. The molecule has 0 fully saturated rings. The van der Waals surface area contributed by atoms with Crippen LogP contribution in [0.3, 0.4) is 0 Å². The molecule has 0 bridgehead atoms. The third-order valence-electron chi connectivity index (χ3n) is 5.40. The van der Waals surface area contributed by atoms with Gasteiger partial charge < -0.3 is 9.80 Å². The van der Waals surface area contributed by atoms with E-state index in [1.165, 1.54) is 0 Å². The van der Waals surface area contributed by atoms with Gasteiger partial charge in [0.1, 0.15) is 0 Å². The number of rotatable bonds is 9. The number of carbonyl (C=O) groups excluding carboxylic acids is 1. The number of amides is 1. The van der Waals surface area contributed by atoms with Gasteiger partial charge in [0.15, 0.2) is 0 Å². The predicted octanol–water partition coefficient (Wildman–Crippen LogP) is 5.02. The van der Waals surface area contributed by atoms with Gasteiger partial charge in [0.05, 0.1) is 5.69 Å². The highest BCUT2D eigenvalue weighted by Gasteiger charge is 2.14. The maximum Gasteiger partial charge on any atom is 0.253 e. The van der Waals surface area contributed by atoms with Crippen LogP contribution in [0.4, 0.5) is 5.69 Å². The fourth-order valence-electron chi connectivity index (χ4n) is 3.72. The first kappa shape index (κ1) is 21.6. The summed E-state index contributed by atoms with van der Waals surface area (Å²) < 4.78 is 0. The van der Waals surface area contributed by atoms with Crippen molar-refractivity contribution < 1.29 is 4.79 Å². The monoisotopic (exact) mass is 404 g/mol. The van der Waals surface area contributed by atoms with E-state index in [1.54, 1.807) is 4.90 Å². The maximum atomic E-state index is 12.8. The van der Waals surface area contributed by atoms with Gasteiger partial charge >= 0.3 is 0 Å². The zero-order valence-electron chi connectivity index (χ0n) is 18.4. The average molecular weight is 405 g/mol. The molecule has 0 saturated carbocycles. The van der Waals surface area contributed by atoms with Gasteiger partial charge in [-0.15, -0.1) is 0 Å². The first-order valence-corrected chi connectivity index (χ1v) is 10.7. The Hall–Kier alpha value is -3.08. The van der Waals surface area contributed by atoms with Gasteiger partial charge in [-0.3, -0.25) is 9.89 Å². The number of aryl methyl sites for hydroxylation is 1. The minimum Gasteiger partial charge on any atom is -0.369 e. The van der Waals surface area contributed by atoms with E-state index in [0.717, 1.165) is 47.6 Å². The molecule has 5 heteroatoms. The number of aromatic amines is 1. The van der Waals surface area contributed by atoms with E-state index in [0.29, 0.717) is 12.6 Å². The Kier molecular flexibility index (Phi) is 7.28. The molecule has 1 N–H and O–H groups in total. The van der Waals surface area contributed by atoms with Gasteiger partial charge in [-0.25, -0.2) is 0 Å². The van der Waals surface area contributed by atoms with E-state index in [4.69, 9.17) is 0 Å². The number of hydrogen-bond donors (Lipinski definition) is 1. The Morgan fingerprint density at radius 3 is 2.40 bits per heavy atom. The summed E-state index contributed by atoms with van der Waals surface area (Å²) in [5, 5.41) is 7.51. The highest BCUT2D eigenvalue weighted by Crippen LogP contribution is 2.19. The van der Waals surface area contributed by atoms with Gasteiger partial charge in [-0.05, 0) is 63.9 Å². The Morgan fingerprint density at radius 2 is 1.77 bits per heavy atom. The van der Waals surface area contributed by atoms with Crippen LogP contribution in [0.15, 0.2) is 60.7 Å². The number of anilines is 1. The summed E-state index contributed by atoms with van der Waals surface area (Å²) in [6.45, 7) is 8.16. The van der Waals surface area contributed by atoms with Crippen LogP contribution >= 0.6 is 0 Å². The number of carbonyl (C=O) groups is 1. The van der Waals surface area contributed by atoms with E-state index in [-0.39, 0.29) is 5.91 Å². The molecule has 0 spiro atoms. The normalized spacial score (nSPS) is 11.0. The van der Waals surface area contributed by atoms with Crippen molar-refractivity contribution in [3.05, 3.63) is 71.9 Å². The Labute approximate surface area is 179 Å². The summed E-state index contributed by atoms with van der Waals surface area (Å²) in [7, 11) is 1.87. The number of nitrogens with one attached hydrogen (secondary N) is 1. The van der Waals surface area contributed by atoms with Crippen molar-refractivity contribution in [1.82, 2.24) is 15.1 Å². The molecule has 3 rings (SSSR count). The molecule has 5 nitrogen and oxygen atoms in total. The van der Waals surface area contributed by atoms with E-state index >= 15 is 0 Å². The zero-order valence-corrected chi connectivity index (χ0v) is 18.4. The first-order valence-electron chi connectivity index (χ1n) is 10.7. The van der Waals surface area contributed by atoms with E-state index < -0.39 is 0 Å². The largest absolute Gasteiger partial charge is 0.369 e. The number of nitrogens with zero attached hydrogens (tertiary/aromatic N) is 3. The van der Waals surface area contributed by atoms with Gasteiger partial charge in [0.25, 0.3) is 5.91 Å². The second-order valence-corrected chi connectivity index (χ2v) is 7.90. The third-order valence-corrected chi connectivity index (χ3v) is 5.40. The van der Waals surface area contributed by atoms with Crippen LogP contribution in [-0.2, 0) is 6.42 Å². The van der Waals surface area contributed by atoms with Crippen LogP contribution in [0, 0.1) is 0 Å². The second kappa shape index (κ2) is 10.1. The third kappa shape index (κ3) is 5.29. The minimum atomic E-state index is 0.0590. The van der Waals surface area contributed by atoms with Crippen LogP contribution in [-0.4, -0.2) is 47.2 Å². The van der Waals surface area contributed by atoms with Crippen molar-refractivity contribution in [2.24, 2.45) is 0 Å². The van der Waals surface area contributed by atoms with Crippen LogP contribution in [0.25, 0.3) is 11.3 Å². The SMILES string of the molecule is CCN(c1ccc(C(=O)N(C)CCCc2cc(-c3ccccc3)n[nH]2)cc1)C(C)C. The Bertz CT molecular complexity index is 931. The molecule has 0 aliphatic heterocycles. The molecule has 1 aromatic heterocycles. The van der Waals surface area contributed by atoms with Crippen molar-refractivity contribution in [2.45, 2.75) is 39.7 Å². The summed E-state index contributed by atoms with van der Waals surface area (Å²) in [5.41, 5.74) is 5.04. The molecule has 0 aliphatic carbocycles. The molecule has 158 valence electrons. The average Bonchev–Trinajstić information content (AvgIpc) is 3.23. The van der Waals surface area contributed by atoms with Crippen molar-refractivity contribution in [3.63, 3.8) is 0 Å². The standard InChI is InChI=1S/C25H32N4O/c1-5-29(19(2)3)23-15-13-21(14-16-23)25(30)28(4)17-9-12-22-18-24(27-26-22)20-10-7-6-8-11-20/h6-8,10-11,13-16,18-19H,5,9,12,17H2,1-4H3,(H,26,27). The molecular formula is C25H32N4O.